The van der Waals surface area contributed by atoms with Crippen LogP contribution >= 0.6 is 0 Å². The summed E-state index contributed by atoms with van der Waals surface area (Å²) in [4.78, 5) is 17.2. The largest absolute Gasteiger partial charge is 0.390 e. The van der Waals surface area contributed by atoms with Crippen LogP contribution in [0.2, 0.25) is 0 Å². The predicted octanol–water partition coefficient (Wildman–Crippen LogP) is 2.83. The Bertz CT molecular complexity index is 1390. The van der Waals surface area contributed by atoms with Gasteiger partial charge in [-0.1, -0.05) is 31.2 Å². The van der Waals surface area contributed by atoms with Crippen molar-refractivity contribution in [3.63, 3.8) is 0 Å². The average Bonchev–Trinajstić information content (AvgIpc) is 2.92. The van der Waals surface area contributed by atoms with E-state index >= 15 is 0 Å². The van der Waals surface area contributed by atoms with Gasteiger partial charge in [0.1, 0.15) is 17.5 Å². The van der Waals surface area contributed by atoms with Crippen LogP contribution in [0.3, 0.4) is 0 Å². The van der Waals surface area contributed by atoms with Crippen LogP contribution in [0.5, 0.6) is 0 Å². The molecule has 0 radical (unpaired) electrons. The SMILES string of the molecule is CCc1cccc(CNC[C@@H](O)[C@H](Cc2cc(F)cc(F)c2)NC(=O)c2ccc(N(CCOC)S(C)(=O)=O)nc2)c1. The summed E-state index contributed by atoms with van der Waals surface area (Å²) in [5, 5.41) is 16.9. The number of hydrogen-bond donors (Lipinski definition) is 3. The first kappa shape index (κ1) is 32.1. The van der Waals surface area contributed by atoms with E-state index in [1.807, 2.05) is 18.2 Å². The lowest BCUT2D eigenvalue weighted by Crippen LogP contribution is -2.48. The number of aromatic nitrogens is 1. The molecule has 3 N–H and O–H groups in total. The van der Waals surface area contributed by atoms with E-state index in [2.05, 4.69) is 28.6 Å². The molecule has 3 aromatic rings. The number of ether oxygens (including phenoxy) is 1. The Balaban J connectivity index is 1.75. The molecule has 0 unspecified atom stereocenters. The van der Waals surface area contributed by atoms with Gasteiger partial charge in [-0.05, 0) is 53.8 Å². The first-order chi connectivity index (χ1) is 19.5. The highest BCUT2D eigenvalue weighted by Gasteiger charge is 2.24. The zero-order valence-corrected chi connectivity index (χ0v) is 24.1. The topological polar surface area (TPSA) is 121 Å². The lowest BCUT2D eigenvalue weighted by Gasteiger charge is -2.25. The van der Waals surface area contributed by atoms with Crippen molar-refractivity contribution in [1.29, 1.82) is 0 Å². The number of carbonyl (C=O) groups is 1. The summed E-state index contributed by atoms with van der Waals surface area (Å²) in [6.45, 7) is 2.83. The van der Waals surface area contributed by atoms with E-state index in [-0.39, 0.29) is 43.1 Å². The molecule has 0 aliphatic rings. The van der Waals surface area contributed by atoms with Crippen molar-refractivity contribution in [1.82, 2.24) is 15.6 Å². The minimum Gasteiger partial charge on any atom is -0.390 e. The minimum absolute atomic E-state index is 0.0427. The van der Waals surface area contributed by atoms with Crippen LogP contribution in [0, 0.1) is 11.6 Å². The molecule has 1 heterocycles. The van der Waals surface area contributed by atoms with Gasteiger partial charge in [-0.3, -0.25) is 9.10 Å². The Morgan fingerprint density at radius 1 is 1.07 bits per heavy atom. The number of amides is 1. The maximum absolute atomic E-state index is 13.9. The molecule has 2 aromatic carbocycles. The van der Waals surface area contributed by atoms with Gasteiger partial charge in [-0.2, -0.15) is 0 Å². The van der Waals surface area contributed by atoms with E-state index in [1.54, 1.807) is 0 Å². The van der Waals surface area contributed by atoms with Gasteiger partial charge in [0.05, 0.1) is 37.1 Å². The fourth-order valence-electron chi connectivity index (χ4n) is 4.28. The number of benzene rings is 2. The zero-order chi connectivity index (χ0) is 30.0. The van der Waals surface area contributed by atoms with Crippen molar-refractivity contribution in [3.05, 3.63) is 94.7 Å². The summed E-state index contributed by atoms with van der Waals surface area (Å²) in [5.41, 5.74) is 2.59. The number of halogens is 2. The van der Waals surface area contributed by atoms with Gasteiger partial charge in [0.25, 0.3) is 5.91 Å². The number of carbonyl (C=O) groups excluding carboxylic acids is 1. The molecule has 41 heavy (non-hydrogen) atoms. The predicted molar refractivity (Wildman–Crippen MR) is 153 cm³/mol. The van der Waals surface area contributed by atoms with Crippen LogP contribution in [0.25, 0.3) is 0 Å². The number of hydrogen-bond acceptors (Lipinski definition) is 7. The number of rotatable bonds is 15. The van der Waals surface area contributed by atoms with Gasteiger partial charge in [0, 0.05) is 32.5 Å². The van der Waals surface area contributed by atoms with Crippen molar-refractivity contribution in [2.24, 2.45) is 0 Å². The third-order valence-electron chi connectivity index (χ3n) is 6.41. The summed E-state index contributed by atoms with van der Waals surface area (Å²) in [6.07, 6.45) is 2.01. The highest BCUT2D eigenvalue weighted by Crippen LogP contribution is 2.16. The number of nitrogens with one attached hydrogen (secondary N) is 2. The van der Waals surface area contributed by atoms with E-state index in [9.17, 15) is 27.1 Å². The summed E-state index contributed by atoms with van der Waals surface area (Å²) >= 11 is 0. The van der Waals surface area contributed by atoms with E-state index in [0.29, 0.717) is 6.54 Å². The van der Waals surface area contributed by atoms with Gasteiger partial charge in [0.2, 0.25) is 10.0 Å². The Morgan fingerprint density at radius 2 is 1.78 bits per heavy atom. The summed E-state index contributed by atoms with van der Waals surface area (Å²) in [6, 6.07) is 12.9. The Labute approximate surface area is 239 Å². The summed E-state index contributed by atoms with van der Waals surface area (Å²) in [5.74, 6) is -2.01. The molecule has 0 saturated carbocycles. The van der Waals surface area contributed by atoms with E-state index in [1.165, 1.54) is 31.0 Å². The maximum atomic E-state index is 13.9. The highest BCUT2D eigenvalue weighted by atomic mass is 32.2. The fourth-order valence-corrected chi connectivity index (χ4v) is 5.13. The third-order valence-corrected chi connectivity index (χ3v) is 7.58. The van der Waals surface area contributed by atoms with Crippen molar-refractivity contribution < 1.29 is 31.8 Å². The molecule has 1 aromatic heterocycles. The van der Waals surface area contributed by atoms with Gasteiger partial charge in [-0.15, -0.1) is 0 Å². The number of aliphatic hydroxyl groups is 1. The van der Waals surface area contributed by atoms with Crippen LogP contribution in [-0.2, 0) is 34.1 Å². The number of aliphatic hydroxyl groups excluding tert-OH is 1. The highest BCUT2D eigenvalue weighted by molar-refractivity contribution is 7.92. The van der Waals surface area contributed by atoms with Crippen molar-refractivity contribution in [2.45, 2.75) is 38.5 Å². The molecule has 0 fully saturated rings. The second-order valence-corrected chi connectivity index (χ2v) is 11.6. The number of sulfonamides is 1. The van der Waals surface area contributed by atoms with Gasteiger partial charge in [-0.25, -0.2) is 22.2 Å². The number of anilines is 1. The molecule has 0 spiro atoms. The normalized spacial score (nSPS) is 13.0. The van der Waals surface area contributed by atoms with Crippen LogP contribution in [-0.4, -0.2) is 69.6 Å². The van der Waals surface area contributed by atoms with Crippen molar-refractivity contribution >= 4 is 21.7 Å². The smallest absolute Gasteiger partial charge is 0.253 e. The number of methoxy groups -OCH3 is 1. The first-order valence-electron chi connectivity index (χ1n) is 13.1. The number of pyridine rings is 1. The molecule has 12 heteroatoms. The molecular weight excluding hydrogens is 554 g/mol. The molecule has 3 rings (SSSR count). The van der Waals surface area contributed by atoms with Gasteiger partial charge in [0.15, 0.2) is 0 Å². The lowest BCUT2D eigenvalue weighted by atomic mass is 10.00. The van der Waals surface area contributed by atoms with Crippen LogP contribution in [0.15, 0.2) is 60.8 Å². The van der Waals surface area contributed by atoms with Crippen molar-refractivity contribution in [2.75, 3.05) is 37.4 Å². The standard InChI is InChI=1S/C29H36F2N4O5S/c1-4-20-6-5-7-21(12-20)17-32-19-27(36)26(15-22-13-24(30)16-25(31)14-22)34-29(37)23-8-9-28(33-18-23)35(10-11-40-2)41(3,38)39/h5-9,12-14,16,18,26-27,32,36H,4,10-11,15,17,19H2,1-3H3,(H,34,37)/t26-,27+/m0/s1. The molecule has 1 amide bonds. The quantitative estimate of drug-likeness (QED) is 0.249. The molecule has 0 saturated heterocycles. The average molecular weight is 591 g/mol. The molecule has 0 aliphatic carbocycles. The monoisotopic (exact) mass is 590 g/mol. The number of nitrogens with zero attached hydrogens (tertiary/aromatic N) is 2. The van der Waals surface area contributed by atoms with E-state index in [4.69, 9.17) is 4.74 Å². The Hall–Kier alpha value is -3.45. The number of aryl methyl sites for hydroxylation is 1. The molecule has 0 bridgehead atoms. The lowest BCUT2D eigenvalue weighted by molar-refractivity contribution is 0.0829. The van der Waals surface area contributed by atoms with Crippen molar-refractivity contribution in [3.8, 4) is 0 Å². The Morgan fingerprint density at radius 3 is 2.39 bits per heavy atom. The minimum atomic E-state index is -3.64. The maximum Gasteiger partial charge on any atom is 0.253 e. The fraction of sp³-hybridized carbons (Fsp3) is 0.379. The first-order valence-corrected chi connectivity index (χ1v) is 15.0. The third kappa shape index (κ3) is 9.85. The van der Waals surface area contributed by atoms with Crippen LogP contribution in [0.1, 0.15) is 34.0 Å². The van der Waals surface area contributed by atoms with Gasteiger partial charge >= 0.3 is 0 Å². The van der Waals surface area contributed by atoms with Gasteiger partial charge < -0.3 is 20.5 Å². The second kappa shape index (κ2) is 15.0. The summed E-state index contributed by atoms with van der Waals surface area (Å²) < 4.78 is 58.1. The molecule has 2 atom stereocenters. The van der Waals surface area contributed by atoms with Crippen LogP contribution < -0.4 is 14.9 Å². The second-order valence-electron chi connectivity index (χ2n) is 9.67. The molecule has 9 nitrogen and oxygen atoms in total. The molecular formula is C29H36F2N4O5S. The summed E-state index contributed by atoms with van der Waals surface area (Å²) in [7, 11) is -2.19. The Kier molecular flexibility index (Phi) is 11.7. The van der Waals surface area contributed by atoms with Crippen LogP contribution in [0.4, 0.5) is 14.6 Å². The zero-order valence-electron chi connectivity index (χ0n) is 23.3. The molecule has 0 aliphatic heterocycles. The van der Waals surface area contributed by atoms with E-state index < -0.39 is 39.7 Å². The van der Waals surface area contributed by atoms with E-state index in [0.717, 1.165) is 40.7 Å². The molecule has 222 valence electrons.